The number of methoxy groups -OCH3 is 1. The maximum Gasteiger partial charge on any atom is 0.432 e. The first-order valence-electron chi connectivity index (χ1n) is 12.2. The highest BCUT2D eigenvalue weighted by molar-refractivity contribution is 7.12. The number of aliphatic imine (C=N–C) groups is 1. The molecular weight excluding hydrogens is 482 g/mol. The van der Waals surface area contributed by atoms with E-state index >= 15 is 0 Å². The molecular formula is C27H37NO7S. The molecule has 198 valence electrons. The number of aromatic hydroxyl groups is 1. The van der Waals surface area contributed by atoms with Gasteiger partial charge in [0.25, 0.3) is 0 Å². The van der Waals surface area contributed by atoms with Crippen molar-refractivity contribution in [3.8, 4) is 5.75 Å². The Morgan fingerprint density at radius 3 is 2.56 bits per heavy atom. The van der Waals surface area contributed by atoms with Gasteiger partial charge in [0, 0.05) is 40.5 Å². The van der Waals surface area contributed by atoms with Crippen molar-refractivity contribution in [3.63, 3.8) is 0 Å². The number of nitrogens with zero attached hydrogens (tertiary/aromatic N) is 1. The Kier molecular flexibility index (Phi) is 11.0. The Morgan fingerprint density at radius 1 is 1.22 bits per heavy atom. The molecule has 2 heterocycles. The lowest BCUT2D eigenvalue weighted by molar-refractivity contribution is 0.0812. The summed E-state index contributed by atoms with van der Waals surface area (Å²) in [6.45, 7) is 7.73. The van der Waals surface area contributed by atoms with Crippen LogP contribution in [0.25, 0.3) is 0 Å². The van der Waals surface area contributed by atoms with Gasteiger partial charge in [0.2, 0.25) is 0 Å². The number of aliphatic hydroxyl groups excluding tert-OH is 1. The first-order valence-corrected chi connectivity index (χ1v) is 13.0. The molecule has 0 radical (unpaired) electrons. The van der Waals surface area contributed by atoms with Gasteiger partial charge in [-0.2, -0.15) is 4.99 Å². The fraction of sp³-hybridized carbons (Fsp3) is 0.556. The summed E-state index contributed by atoms with van der Waals surface area (Å²) in [4.78, 5) is 42.9. The van der Waals surface area contributed by atoms with Crippen LogP contribution in [0.5, 0.6) is 5.75 Å². The van der Waals surface area contributed by atoms with Crippen molar-refractivity contribution < 1.29 is 29.0 Å². The molecule has 0 saturated heterocycles. The average Bonchev–Trinajstić information content (AvgIpc) is 3.27. The summed E-state index contributed by atoms with van der Waals surface area (Å²) in [6.07, 6.45) is 4.85. The van der Waals surface area contributed by atoms with E-state index in [9.17, 15) is 19.5 Å². The van der Waals surface area contributed by atoms with E-state index in [1.54, 1.807) is 18.3 Å². The van der Waals surface area contributed by atoms with Crippen LogP contribution in [0.15, 0.2) is 32.4 Å². The van der Waals surface area contributed by atoms with Gasteiger partial charge in [-0.1, -0.05) is 27.7 Å². The number of rotatable bonds is 13. The van der Waals surface area contributed by atoms with Gasteiger partial charge in [-0.15, -0.1) is 11.3 Å². The molecule has 2 unspecified atom stereocenters. The Labute approximate surface area is 216 Å². The maximum atomic E-state index is 13.3. The topological polar surface area (TPSA) is 126 Å². The van der Waals surface area contributed by atoms with Gasteiger partial charge in [-0.3, -0.25) is 4.79 Å². The van der Waals surface area contributed by atoms with Gasteiger partial charge in [0.15, 0.2) is 5.78 Å². The molecule has 2 aromatic heterocycles. The largest absolute Gasteiger partial charge is 0.507 e. The number of aliphatic hydroxyl groups is 1. The first kappa shape index (κ1) is 29.5. The average molecular weight is 520 g/mol. The molecule has 1 amide bonds. The summed E-state index contributed by atoms with van der Waals surface area (Å²) < 4.78 is 9.88. The summed E-state index contributed by atoms with van der Waals surface area (Å²) >= 11 is 1.66. The number of carbonyl (C=O) groups is 2. The molecule has 0 aromatic carbocycles. The van der Waals surface area contributed by atoms with Crippen molar-refractivity contribution in [2.24, 2.45) is 16.3 Å². The second-order valence-corrected chi connectivity index (χ2v) is 11.0. The van der Waals surface area contributed by atoms with Crippen molar-refractivity contribution in [1.82, 2.24) is 0 Å². The molecule has 0 saturated carbocycles. The fourth-order valence-electron chi connectivity index (χ4n) is 3.90. The van der Waals surface area contributed by atoms with Gasteiger partial charge in [-0.25, -0.2) is 9.59 Å². The minimum absolute atomic E-state index is 0.153. The quantitative estimate of drug-likeness (QED) is 0.202. The number of hydrogen-bond donors (Lipinski definition) is 2. The van der Waals surface area contributed by atoms with Gasteiger partial charge >= 0.3 is 11.7 Å². The molecule has 0 aliphatic heterocycles. The molecule has 0 bridgehead atoms. The minimum atomic E-state index is -0.834. The summed E-state index contributed by atoms with van der Waals surface area (Å²) in [5.74, 6) is -1.21. The Balaban J connectivity index is 2.08. The van der Waals surface area contributed by atoms with Crippen LogP contribution in [0, 0.1) is 11.3 Å². The smallest absolute Gasteiger partial charge is 0.432 e. The molecule has 8 nitrogen and oxygen atoms in total. The van der Waals surface area contributed by atoms with E-state index in [1.807, 2.05) is 32.9 Å². The number of Topliss-reactive ketones (excluding diaryl/α,β-unsaturated/α-hetero) is 1. The predicted molar refractivity (Wildman–Crippen MR) is 141 cm³/mol. The molecule has 2 atom stereocenters. The lowest BCUT2D eigenvalue weighted by atomic mass is 9.73. The number of aryl methyl sites for hydroxylation is 1. The second kappa shape index (κ2) is 13.5. The monoisotopic (exact) mass is 519 g/mol. The summed E-state index contributed by atoms with van der Waals surface area (Å²) in [5, 5.41) is 19.6. The predicted octanol–water partition coefficient (Wildman–Crippen LogP) is 5.53. The molecule has 0 aliphatic rings. The van der Waals surface area contributed by atoms with Gasteiger partial charge in [0.1, 0.15) is 17.1 Å². The van der Waals surface area contributed by atoms with Crippen molar-refractivity contribution >= 4 is 29.4 Å². The zero-order valence-corrected chi connectivity index (χ0v) is 22.5. The lowest BCUT2D eigenvalue weighted by Gasteiger charge is -2.30. The van der Waals surface area contributed by atoms with E-state index < -0.39 is 28.8 Å². The lowest BCUT2D eigenvalue weighted by Crippen LogP contribution is -2.33. The summed E-state index contributed by atoms with van der Waals surface area (Å²) in [5.41, 5.74) is -1.61. The molecule has 9 heteroatoms. The molecule has 0 spiro atoms. The van der Waals surface area contributed by atoms with Gasteiger partial charge < -0.3 is 19.4 Å². The van der Waals surface area contributed by atoms with E-state index in [0.717, 1.165) is 11.3 Å². The van der Waals surface area contributed by atoms with Crippen LogP contribution in [-0.4, -0.2) is 42.0 Å². The van der Waals surface area contributed by atoms with Gasteiger partial charge in [0.05, 0.1) is 7.11 Å². The van der Waals surface area contributed by atoms with Gasteiger partial charge in [-0.05, 0) is 56.1 Å². The fourth-order valence-corrected chi connectivity index (χ4v) is 5.20. The third-order valence-electron chi connectivity index (χ3n) is 6.52. The number of unbranched alkanes of at least 4 members (excludes halogenated alkanes) is 1. The molecule has 36 heavy (non-hydrogen) atoms. The van der Waals surface area contributed by atoms with E-state index in [-0.39, 0.29) is 23.8 Å². The summed E-state index contributed by atoms with van der Waals surface area (Å²) in [7, 11) is 1.26. The first-order chi connectivity index (χ1) is 17.0. The minimum Gasteiger partial charge on any atom is -0.507 e. The number of ether oxygens (including phenoxy) is 1. The van der Waals surface area contributed by atoms with E-state index in [2.05, 4.69) is 9.73 Å². The normalized spacial score (nSPS) is 13.6. The Bertz CT molecular complexity index is 1120. The Morgan fingerprint density at radius 2 is 1.92 bits per heavy atom. The van der Waals surface area contributed by atoms with Crippen LogP contribution in [0.1, 0.15) is 85.2 Å². The van der Waals surface area contributed by atoms with E-state index in [1.165, 1.54) is 24.3 Å². The highest BCUT2D eigenvalue weighted by atomic mass is 32.1. The van der Waals surface area contributed by atoms with Crippen molar-refractivity contribution in [2.75, 3.05) is 13.7 Å². The van der Waals surface area contributed by atoms with Crippen molar-refractivity contribution in [3.05, 3.63) is 49.7 Å². The zero-order chi connectivity index (χ0) is 26.9. The number of carbonyl (C=O) groups excluding carboxylic acids is 2. The van der Waals surface area contributed by atoms with E-state index in [0.29, 0.717) is 37.9 Å². The number of hydrogen-bond acceptors (Lipinski definition) is 8. The number of thiophene rings is 1. The van der Waals surface area contributed by atoms with Crippen LogP contribution >= 0.6 is 11.3 Å². The third-order valence-corrected chi connectivity index (χ3v) is 7.66. The standard InChI is InChI=1S/C27H37NO7S/c1-17(9-6-7-13-28-26(33)34-5)22-15-21(30)23(25(32)35-22)24(31)18(2)27(3,4)16-20-12-11-19(36-20)10-8-14-29/h11-13,15,17-18,29-30H,6-10,14,16H2,1-5H3. The van der Waals surface area contributed by atoms with Crippen LogP contribution < -0.4 is 5.63 Å². The van der Waals surface area contributed by atoms with Crippen LogP contribution in [0.3, 0.4) is 0 Å². The highest BCUT2D eigenvalue weighted by Gasteiger charge is 2.35. The Hall–Kier alpha value is -2.78. The third kappa shape index (κ3) is 8.13. The van der Waals surface area contributed by atoms with Crippen molar-refractivity contribution in [1.29, 1.82) is 0 Å². The van der Waals surface area contributed by atoms with Crippen LogP contribution in [0.2, 0.25) is 0 Å². The highest BCUT2D eigenvalue weighted by Crippen LogP contribution is 2.36. The van der Waals surface area contributed by atoms with E-state index in [4.69, 9.17) is 9.52 Å². The van der Waals surface area contributed by atoms with Crippen molar-refractivity contribution in [2.45, 2.75) is 72.1 Å². The molecule has 2 N–H and O–H groups in total. The molecule has 0 fully saturated rings. The molecule has 0 aliphatic carbocycles. The zero-order valence-electron chi connectivity index (χ0n) is 21.7. The summed E-state index contributed by atoms with van der Waals surface area (Å²) in [6, 6.07) is 5.44. The second-order valence-electron chi connectivity index (χ2n) is 9.76. The maximum absolute atomic E-state index is 13.3. The SMILES string of the molecule is COC(=O)N=CCCCC(C)c1cc(O)c(C(=O)C(C)C(C)(C)Cc2ccc(CCCO)s2)c(=O)o1. The number of ketones is 1. The molecule has 2 rings (SSSR count). The van der Waals surface area contributed by atoms with Crippen LogP contribution in [0.4, 0.5) is 4.79 Å². The molecule has 2 aromatic rings. The van der Waals surface area contributed by atoms with Crippen LogP contribution in [-0.2, 0) is 17.6 Å². The number of amides is 1.